The Balaban J connectivity index is 1.62. The summed E-state index contributed by atoms with van der Waals surface area (Å²) in [5.74, 6) is 0.429. The van der Waals surface area contributed by atoms with E-state index < -0.39 is 5.97 Å². The lowest BCUT2D eigenvalue weighted by atomic mass is 10.0. The van der Waals surface area contributed by atoms with Gasteiger partial charge in [0.2, 0.25) is 0 Å². The molecule has 2 heterocycles. The van der Waals surface area contributed by atoms with Crippen LogP contribution in [0.2, 0.25) is 0 Å². The monoisotopic (exact) mass is 285 g/mol. The second kappa shape index (κ2) is 6.53. The summed E-state index contributed by atoms with van der Waals surface area (Å²) in [5.41, 5.74) is 7.98. The minimum Gasteiger partial charge on any atom is -0.359 e. The zero-order valence-electron chi connectivity index (χ0n) is 10.2. The Morgan fingerprint density at radius 1 is 1.53 bits per heavy atom. The van der Waals surface area contributed by atoms with Crippen molar-refractivity contribution in [2.75, 3.05) is 5.75 Å². The molecule has 3 atom stereocenters. The van der Waals surface area contributed by atoms with Gasteiger partial charge >= 0.3 is 12.0 Å². The number of azide groups is 1. The largest absolute Gasteiger partial charge is 0.359 e. The third-order valence-corrected chi connectivity index (χ3v) is 4.75. The van der Waals surface area contributed by atoms with Gasteiger partial charge in [-0.2, -0.15) is 11.8 Å². The van der Waals surface area contributed by atoms with Crippen molar-refractivity contribution >= 4 is 23.8 Å². The first kappa shape index (κ1) is 13.8. The highest BCUT2D eigenvalue weighted by Crippen LogP contribution is 2.33. The van der Waals surface area contributed by atoms with Gasteiger partial charge in [-0.1, -0.05) is 6.42 Å². The van der Waals surface area contributed by atoms with Crippen molar-refractivity contribution in [1.82, 2.24) is 10.6 Å². The molecular weight excluding hydrogens is 270 g/mol. The molecule has 2 rings (SSSR count). The number of carbonyl (C=O) groups is 2. The van der Waals surface area contributed by atoms with Crippen LogP contribution in [0, 0.1) is 0 Å². The summed E-state index contributed by atoms with van der Waals surface area (Å²) in [5, 5.41) is 8.96. The van der Waals surface area contributed by atoms with Gasteiger partial charge in [0.15, 0.2) is 0 Å². The molecule has 104 valence electrons. The maximum atomic E-state index is 11.2. The van der Waals surface area contributed by atoms with Crippen LogP contribution in [0.3, 0.4) is 0 Å². The average Bonchev–Trinajstić information content (AvgIpc) is 2.92. The number of thioether (sulfide) groups is 1. The van der Waals surface area contributed by atoms with Gasteiger partial charge in [0.1, 0.15) is 5.28 Å². The topological polar surface area (TPSA) is 116 Å². The van der Waals surface area contributed by atoms with Crippen molar-refractivity contribution in [2.45, 2.75) is 43.0 Å². The van der Waals surface area contributed by atoms with Gasteiger partial charge in [0.05, 0.1) is 12.1 Å². The van der Waals surface area contributed by atoms with Crippen LogP contribution in [0.25, 0.3) is 10.4 Å². The molecular formula is C10H15N5O3S. The normalized spacial score (nSPS) is 28.0. The lowest BCUT2D eigenvalue weighted by Gasteiger charge is -2.16. The summed E-state index contributed by atoms with van der Waals surface area (Å²) < 4.78 is 0. The molecule has 2 aliphatic rings. The molecule has 0 unspecified atom stereocenters. The summed E-state index contributed by atoms with van der Waals surface area (Å²) in [6.07, 6.45) is 2.76. The van der Waals surface area contributed by atoms with Crippen molar-refractivity contribution in [3.05, 3.63) is 10.4 Å². The smallest absolute Gasteiger partial charge is 0.317 e. The van der Waals surface area contributed by atoms with Gasteiger partial charge in [-0.3, -0.25) is 4.79 Å². The molecule has 0 spiro atoms. The molecule has 9 heteroatoms. The maximum absolute atomic E-state index is 11.2. The van der Waals surface area contributed by atoms with Crippen molar-refractivity contribution in [3.8, 4) is 0 Å². The molecule has 8 nitrogen and oxygen atoms in total. The Morgan fingerprint density at radius 3 is 3.16 bits per heavy atom. The molecule has 2 aliphatic heterocycles. The first-order valence-corrected chi connectivity index (χ1v) is 7.18. The molecule has 2 N–H and O–H groups in total. The zero-order valence-corrected chi connectivity index (χ0v) is 11.1. The lowest BCUT2D eigenvalue weighted by molar-refractivity contribution is -0.144. The summed E-state index contributed by atoms with van der Waals surface area (Å²) >= 11 is 1.85. The highest BCUT2D eigenvalue weighted by molar-refractivity contribution is 8.00. The Morgan fingerprint density at radius 2 is 2.37 bits per heavy atom. The molecule has 0 radical (unpaired) electrons. The van der Waals surface area contributed by atoms with E-state index in [4.69, 9.17) is 5.53 Å². The molecule has 0 bridgehead atoms. The first-order chi connectivity index (χ1) is 9.20. The summed E-state index contributed by atoms with van der Waals surface area (Å²) in [4.78, 5) is 28.8. The van der Waals surface area contributed by atoms with Crippen LogP contribution in [0.1, 0.15) is 25.7 Å². The third-order valence-electron chi connectivity index (χ3n) is 3.24. The van der Waals surface area contributed by atoms with Gasteiger partial charge in [-0.05, 0) is 18.4 Å². The second-order valence-electron chi connectivity index (χ2n) is 4.50. The van der Waals surface area contributed by atoms with Crippen molar-refractivity contribution in [2.24, 2.45) is 5.28 Å². The zero-order chi connectivity index (χ0) is 13.7. The number of hydrogen-bond donors (Lipinski definition) is 2. The van der Waals surface area contributed by atoms with Gasteiger partial charge in [-0.15, -0.1) is 0 Å². The predicted molar refractivity (Wildman–Crippen MR) is 69.2 cm³/mol. The van der Waals surface area contributed by atoms with E-state index in [1.807, 2.05) is 11.8 Å². The SMILES string of the molecule is [N-]=[N+]=NOC(=O)CCCC[C@H]1SC[C@H]2NC(=O)N[C@H]21. The second-order valence-corrected chi connectivity index (χ2v) is 5.77. The number of nitrogens with one attached hydrogen (secondary N) is 2. The minimum absolute atomic E-state index is 0.0850. The van der Waals surface area contributed by atoms with Crippen molar-refractivity contribution < 1.29 is 14.4 Å². The lowest BCUT2D eigenvalue weighted by Crippen LogP contribution is -2.36. The van der Waals surface area contributed by atoms with Crippen LogP contribution in [0.5, 0.6) is 0 Å². The van der Waals surface area contributed by atoms with Crippen molar-refractivity contribution in [3.63, 3.8) is 0 Å². The fraction of sp³-hybridized carbons (Fsp3) is 0.800. The molecule has 0 aromatic rings. The Kier molecular flexibility index (Phi) is 4.75. The molecule has 0 aliphatic carbocycles. The predicted octanol–water partition coefficient (Wildman–Crippen LogP) is 1.48. The van der Waals surface area contributed by atoms with Crippen LogP contribution < -0.4 is 10.6 Å². The van der Waals surface area contributed by atoms with Gasteiger partial charge in [0, 0.05) is 22.3 Å². The fourth-order valence-electron chi connectivity index (χ4n) is 2.37. The minimum atomic E-state index is -0.509. The van der Waals surface area contributed by atoms with Crippen LogP contribution in [0.4, 0.5) is 4.79 Å². The van der Waals surface area contributed by atoms with E-state index in [2.05, 4.69) is 25.7 Å². The summed E-state index contributed by atoms with van der Waals surface area (Å²) in [6, 6.07) is 0.350. The van der Waals surface area contributed by atoms with Gasteiger partial charge in [-0.25, -0.2) is 4.79 Å². The van der Waals surface area contributed by atoms with Crippen LogP contribution in [-0.4, -0.2) is 35.1 Å². The number of amides is 2. The highest BCUT2D eigenvalue weighted by atomic mass is 32.2. The van der Waals surface area contributed by atoms with E-state index in [1.165, 1.54) is 0 Å². The fourth-order valence-corrected chi connectivity index (χ4v) is 3.91. The number of carbonyl (C=O) groups excluding carboxylic acids is 2. The first-order valence-electron chi connectivity index (χ1n) is 6.13. The van der Waals surface area contributed by atoms with E-state index in [9.17, 15) is 9.59 Å². The maximum Gasteiger partial charge on any atom is 0.317 e. The molecule has 19 heavy (non-hydrogen) atoms. The van der Waals surface area contributed by atoms with Crippen molar-refractivity contribution in [1.29, 1.82) is 0 Å². The molecule has 0 aromatic heterocycles. The van der Waals surface area contributed by atoms with Crippen LogP contribution in [0.15, 0.2) is 5.28 Å². The average molecular weight is 285 g/mol. The number of fused-ring (bicyclic) bond motifs is 1. The molecule has 2 saturated heterocycles. The Hall–Kier alpha value is -1.60. The highest BCUT2D eigenvalue weighted by Gasteiger charge is 2.42. The van der Waals surface area contributed by atoms with E-state index in [-0.39, 0.29) is 24.5 Å². The van der Waals surface area contributed by atoms with Crippen LogP contribution in [-0.2, 0) is 9.63 Å². The third kappa shape index (κ3) is 3.68. The number of unbranched alkanes of at least 4 members (excludes halogenated alkanes) is 1. The number of urea groups is 1. The van der Waals surface area contributed by atoms with Crippen LogP contribution >= 0.6 is 11.8 Å². The van der Waals surface area contributed by atoms with E-state index in [0.29, 0.717) is 11.7 Å². The standard InChI is InChI=1S/C10H15N5O3S/c11-14-15-18-8(16)4-2-1-3-7-9-6(5-19-7)12-10(17)13-9/h6-7,9H,1-5H2,(H2,12,13,17)/t6-,7-,9-/m1/s1. The number of rotatable bonds is 6. The molecule has 2 amide bonds. The quantitative estimate of drug-likeness (QED) is 0.192. The summed E-state index contributed by atoms with van der Waals surface area (Å²) in [6.45, 7) is 0. The number of nitrogens with zero attached hydrogens (tertiary/aromatic N) is 3. The molecule has 0 saturated carbocycles. The van der Waals surface area contributed by atoms with E-state index in [1.54, 1.807) is 0 Å². The Labute approximate surface area is 114 Å². The molecule has 0 aromatic carbocycles. The Bertz CT molecular complexity index is 412. The van der Waals surface area contributed by atoms with Gasteiger partial charge < -0.3 is 15.5 Å². The number of hydrogen-bond acceptors (Lipinski definition) is 5. The summed E-state index contributed by atoms with van der Waals surface area (Å²) in [7, 11) is 0. The van der Waals surface area contributed by atoms with Gasteiger partial charge in [0.25, 0.3) is 0 Å². The van der Waals surface area contributed by atoms with E-state index in [0.717, 1.165) is 18.6 Å². The molecule has 2 fully saturated rings. The van der Waals surface area contributed by atoms with E-state index >= 15 is 0 Å².